The van der Waals surface area contributed by atoms with Crippen molar-refractivity contribution >= 4 is 11.7 Å². The summed E-state index contributed by atoms with van der Waals surface area (Å²) in [7, 11) is 0. The first-order valence-electron chi connectivity index (χ1n) is 10.8. The highest BCUT2D eigenvalue weighted by molar-refractivity contribution is 5.75. The zero-order valence-electron chi connectivity index (χ0n) is 17.7. The number of hydrogen-bond donors (Lipinski definition) is 1. The number of ether oxygens (including phenoxy) is 1. The summed E-state index contributed by atoms with van der Waals surface area (Å²) in [5.41, 5.74) is 1.13. The minimum absolute atomic E-state index is 0.0973. The monoisotopic (exact) mass is 388 g/mol. The minimum Gasteiger partial charge on any atom is -0.492 e. The van der Waals surface area contributed by atoms with Gasteiger partial charge in [0.05, 0.1) is 12.3 Å². The number of amides is 2. The third-order valence-electron chi connectivity index (χ3n) is 5.61. The first-order valence-corrected chi connectivity index (χ1v) is 10.8. The minimum atomic E-state index is 0.0973. The predicted molar refractivity (Wildman–Crippen MR) is 114 cm³/mol. The Morgan fingerprint density at radius 1 is 1.11 bits per heavy atom. The van der Waals surface area contributed by atoms with Crippen LogP contribution in [0.5, 0.6) is 5.75 Å². The third kappa shape index (κ3) is 5.53. The number of nitrogens with one attached hydrogen (secondary N) is 1. The molecule has 0 aliphatic carbocycles. The maximum absolute atomic E-state index is 12.7. The van der Waals surface area contributed by atoms with Crippen LogP contribution in [-0.4, -0.2) is 74.3 Å². The van der Waals surface area contributed by atoms with Crippen molar-refractivity contribution in [1.29, 1.82) is 0 Å². The molecule has 0 spiro atoms. The van der Waals surface area contributed by atoms with Gasteiger partial charge in [-0.3, -0.25) is 0 Å². The normalized spacial score (nSPS) is 19.1. The van der Waals surface area contributed by atoms with Gasteiger partial charge in [-0.1, -0.05) is 26.0 Å². The van der Waals surface area contributed by atoms with E-state index in [1.54, 1.807) is 0 Å². The van der Waals surface area contributed by atoms with E-state index in [1.165, 1.54) is 0 Å². The molecule has 1 N–H and O–H groups in total. The average molecular weight is 389 g/mol. The summed E-state index contributed by atoms with van der Waals surface area (Å²) in [6, 6.07) is 8.58. The molecule has 0 radical (unpaired) electrons. The van der Waals surface area contributed by atoms with E-state index in [-0.39, 0.29) is 6.03 Å². The second-order valence-corrected chi connectivity index (χ2v) is 8.29. The number of nitrogens with zero attached hydrogens (tertiary/aromatic N) is 3. The Morgan fingerprint density at radius 3 is 2.43 bits per heavy atom. The molecule has 2 amide bonds. The van der Waals surface area contributed by atoms with Gasteiger partial charge in [0, 0.05) is 51.9 Å². The number of carbonyl (C=O) groups excluding carboxylic acids is 1. The van der Waals surface area contributed by atoms with Gasteiger partial charge in [0.1, 0.15) is 5.75 Å². The zero-order valence-corrected chi connectivity index (χ0v) is 17.7. The molecule has 2 aliphatic rings. The van der Waals surface area contributed by atoms with Gasteiger partial charge in [-0.05, 0) is 37.8 Å². The van der Waals surface area contributed by atoms with Crippen LogP contribution in [0.4, 0.5) is 10.5 Å². The number of likely N-dealkylation sites (tertiary alicyclic amines) is 1. The Kier molecular flexibility index (Phi) is 7.43. The number of rotatable bonds is 6. The molecule has 0 bridgehead atoms. The van der Waals surface area contributed by atoms with Crippen LogP contribution in [0.2, 0.25) is 0 Å². The van der Waals surface area contributed by atoms with Crippen LogP contribution in [0.1, 0.15) is 33.6 Å². The number of urea groups is 1. The highest BCUT2D eigenvalue weighted by Gasteiger charge is 2.26. The molecule has 0 unspecified atom stereocenters. The molecule has 1 aromatic carbocycles. The second-order valence-electron chi connectivity index (χ2n) is 8.29. The lowest BCUT2D eigenvalue weighted by Crippen LogP contribution is -2.55. The Hall–Kier alpha value is -1.95. The van der Waals surface area contributed by atoms with Gasteiger partial charge in [0.25, 0.3) is 0 Å². The van der Waals surface area contributed by atoms with Crippen molar-refractivity contribution in [3.63, 3.8) is 0 Å². The number of hydrogen-bond acceptors (Lipinski definition) is 4. The summed E-state index contributed by atoms with van der Waals surface area (Å²) < 4.78 is 5.76. The molecule has 6 heteroatoms. The summed E-state index contributed by atoms with van der Waals surface area (Å²) >= 11 is 0. The number of anilines is 1. The predicted octanol–water partition coefficient (Wildman–Crippen LogP) is 3.04. The summed E-state index contributed by atoms with van der Waals surface area (Å²) in [5.74, 6) is 1.63. The van der Waals surface area contributed by atoms with Gasteiger partial charge in [0.2, 0.25) is 0 Å². The second kappa shape index (κ2) is 10.0. The topological polar surface area (TPSA) is 48.1 Å². The highest BCUT2D eigenvalue weighted by atomic mass is 16.5. The fourth-order valence-electron chi connectivity index (χ4n) is 4.19. The van der Waals surface area contributed by atoms with E-state index in [0.717, 1.165) is 70.1 Å². The van der Waals surface area contributed by atoms with Crippen LogP contribution in [0.15, 0.2) is 24.3 Å². The van der Waals surface area contributed by atoms with Crippen molar-refractivity contribution in [3.8, 4) is 5.75 Å². The lowest BCUT2D eigenvalue weighted by atomic mass is 10.0. The van der Waals surface area contributed by atoms with E-state index in [1.807, 2.05) is 30.0 Å². The first-order chi connectivity index (χ1) is 13.6. The number of piperidine rings is 1. The fourth-order valence-corrected chi connectivity index (χ4v) is 4.19. The molecule has 2 aliphatic heterocycles. The summed E-state index contributed by atoms with van der Waals surface area (Å²) in [5, 5.41) is 3.27. The van der Waals surface area contributed by atoms with Crippen LogP contribution in [-0.2, 0) is 0 Å². The van der Waals surface area contributed by atoms with Crippen LogP contribution < -0.4 is 15.0 Å². The van der Waals surface area contributed by atoms with Crippen molar-refractivity contribution in [2.24, 2.45) is 5.92 Å². The van der Waals surface area contributed by atoms with Gasteiger partial charge in [0.15, 0.2) is 0 Å². The molecule has 2 saturated heterocycles. The molecule has 2 heterocycles. The van der Waals surface area contributed by atoms with E-state index in [0.29, 0.717) is 18.6 Å². The van der Waals surface area contributed by atoms with E-state index in [4.69, 9.17) is 4.74 Å². The van der Waals surface area contributed by atoms with Crippen LogP contribution >= 0.6 is 0 Å². The Morgan fingerprint density at radius 2 is 1.79 bits per heavy atom. The number of carbonyl (C=O) groups is 1. The van der Waals surface area contributed by atoms with Crippen molar-refractivity contribution in [3.05, 3.63) is 24.3 Å². The van der Waals surface area contributed by atoms with Gasteiger partial charge in [-0.2, -0.15) is 0 Å². The van der Waals surface area contributed by atoms with E-state index in [9.17, 15) is 4.79 Å². The molecule has 6 nitrogen and oxygen atoms in total. The first kappa shape index (κ1) is 20.8. The molecule has 156 valence electrons. The molecular weight excluding hydrogens is 352 g/mol. The maximum atomic E-state index is 12.7. The van der Waals surface area contributed by atoms with E-state index in [2.05, 4.69) is 35.0 Å². The SMILES string of the molecule is CCOc1ccccc1N1CCN(C(=O)NC2CCN(CC(C)C)CC2)CC1. The van der Waals surface area contributed by atoms with Gasteiger partial charge < -0.3 is 24.8 Å². The Bertz CT molecular complexity index is 621. The standard InChI is InChI=1S/C22H36N4O2/c1-4-28-21-8-6-5-7-20(21)25-13-15-26(16-14-25)22(27)23-19-9-11-24(12-10-19)17-18(2)3/h5-8,18-19H,4,9-17H2,1-3H3,(H,23,27). The van der Waals surface area contributed by atoms with Crippen molar-refractivity contribution in [2.45, 2.75) is 39.7 Å². The largest absolute Gasteiger partial charge is 0.492 e. The van der Waals surface area contributed by atoms with Gasteiger partial charge >= 0.3 is 6.03 Å². The molecule has 1 aromatic rings. The fraction of sp³-hybridized carbons (Fsp3) is 0.682. The average Bonchev–Trinajstić information content (AvgIpc) is 2.70. The highest BCUT2D eigenvalue weighted by Crippen LogP contribution is 2.28. The smallest absolute Gasteiger partial charge is 0.317 e. The number of para-hydroxylation sites is 2. The number of benzene rings is 1. The lowest BCUT2D eigenvalue weighted by Gasteiger charge is -2.38. The Labute approximate surface area is 169 Å². The molecule has 0 saturated carbocycles. The van der Waals surface area contributed by atoms with Crippen LogP contribution in [0.25, 0.3) is 0 Å². The van der Waals surface area contributed by atoms with Crippen molar-refractivity contribution in [2.75, 3.05) is 57.3 Å². The van der Waals surface area contributed by atoms with Crippen LogP contribution in [0.3, 0.4) is 0 Å². The van der Waals surface area contributed by atoms with Crippen molar-refractivity contribution in [1.82, 2.24) is 15.1 Å². The molecule has 2 fully saturated rings. The molecule has 0 atom stereocenters. The maximum Gasteiger partial charge on any atom is 0.317 e. The molecule has 0 aromatic heterocycles. The van der Waals surface area contributed by atoms with Gasteiger partial charge in [-0.15, -0.1) is 0 Å². The third-order valence-corrected chi connectivity index (χ3v) is 5.61. The summed E-state index contributed by atoms with van der Waals surface area (Å²) in [6.45, 7) is 13.7. The summed E-state index contributed by atoms with van der Waals surface area (Å²) in [4.78, 5) is 19.5. The van der Waals surface area contributed by atoms with Gasteiger partial charge in [-0.25, -0.2) is 4.79 Å². The van der Waals surface area contributed by atoms with Crippen molar-refractivity contribution < 1.29 is 9.53 Å². The Balaban J connectivity index is 1.45. The van der Waals surface area contributed by atoms with Crippen LogP contribution in [0, 0.1) is 5.92 Å². The molecular formula is C22H36N4O2. The quantitative estimate of drug-likeness (QED) is 0.814. The zero-order chi connectivity index (χ0) is 19.9. The molecule has 3 rings (SSSR count). The molecule has 28 heavy (non-hydrogen) atoms. The number of piperazine rings is 1. The van der Waals surface area contributed by atoms with E-state index >= 15 is 0 Å². The lowest BCUT2D eigenvalue weighted by molar-refractivity contribution is 0.162. The van der Waals surface area contributed by atoms with E-state index < -0.39 is 0 Å². The summed E-state index contributed by atoms with van der Waals surface area (Å²) in [6.07, 6.45) is 2.11.